The van der Waals surface area contributed by atoms with Gasteiger partial charge >= 0.3 is 0 Å². The molecule has 8 nitrogen and oxygen atoms in total. The molecule has 0 saturated carbocycles. The molecule has 0 aliphatic rings. The van der Waals surface area contributed by atoms with Crippen molar-refractivity contribution in [3.63, 3.8) is 0 Å². The Kier molecular flexibility index (Phi) is 9.48. The van der Waals surface area contributed by atoms with Crippen LogP contribution in [0.5, 0.6) is 5.75 Å². The van der Waals surface area contributed by atoms with E-state index >= 15 is 0 Å². The van der Waals surface area contributed by atoms with Crippen LogP contribution in [0, 0.1) is 0 Å². The third kappa shape index (κ3) is 7.30. The first-order chi connectivity index (χ1) is 12.1. The van der Waals surface area contributed by atoms with Crippen LogP contribution >= 0.6 is 24.0 Å². The van der Waals surface area contributed by atoms with E-state index in [1.165, 1.54) is 6.92 Å². The molecule has 1 heterocycles. The van der Waals surface area contributed by atoms with Crippen molar-refractivity contribution in [1.29, 1.82) is 0 Å². The lowest BCUT2D eigenvalue weighted by Gasteiger charge is -2.13. The lowest BCUT2D eigenvalue weighted by molar-refractivity contribution is -0.114. The Morgan fingerprint density at radius 1 is 1.31 bits per heavy atom. The number of hydrogen-bond acceptors (Lipinski definition) is 4. The second-order valence-corrected chi connectivity index (χ2v) is 5.36. The number of halogens is 1. The van der Waals surface area contributed by atoms with Gasteiger partial charge < -0.3 is 20.7 Å². The van der Waals surface area contributed by atoms with Gasteiger partial charge in [-0.1, -0.05) is 6.07 Å². The van der Waals surface area contributed by atoms with Gasteiger partial charge in [-0.2, -0.15) is 5.10 Å². The van der Waals surface area contributed by atoms with E-state index in [2.05, 4.69) is 26.0 Å². The number of carbonyl (C=O) groups is 1. The van der Waals surface area contributed by atoms with E-state index in [4.69, 9.17) is 4.74 Å². The number of nitrogens with one attached hydrogen (secondary N) is 3. The lowest BCUT2D eigenvalue weighted by Crippen LogP contribution is -2.39. The van der Waals surface area contributed by atoms with E-state index in [0.29, 0.717) is 37.1 Å². The van der Waals surface area contributed by atoms with Gasteiger partial charge in [-0.15, -0.1) is 24.0 Å². The molecule has 9 heteroatoms. The van der Waals surface area contributed by atoms with E-state index in [9.17, 15) is 4.79 Å². The van der Waals surface area contributed by atoms with Crippen molar-refractivity contribution < 1.29 is 9.53 Å². The average molecular weight is 472 g/mol. The van der Waals surface area contributed by atoms with Crippen LogP contribution in [0.3, 0.4) is 0 Å². The molecule has 0 aliphatic heterocycles. The molecule has 142 valence electrons. The highest BCUT2D eigenvalue weighted by Gasteiger charge is 2.02. The van der Waals surface area contributed by atoms with Crippen LogP contribution in [-0.2, 0) is 18.4 Å². The number of aliphatic imine (C=N–C) groups is 1. The second-order valence-electron chi connectivity index (χ2n) is 5.36. The molecule has 0 bridgehead atoms. The molecule has 0 fully saturated rings. The maximum absolute atomic E-state index is 11.1. The molecule has 3 N–H and O–H groups in total. The van der Waals surface area contributed by atoms with Crippen molar-refractivity contribution in [2.45, 2.75) is 13.5 Å². The molecule has 0 spiro atoms. The largest absolute Gasteiger partial charge is 0.492 e. The normalized spacial score (nSPS) is 10.7. The van der Waals surface area contributed by atoms with Crippen molar-refractivity contribution in [2.75, 3.05) is 25.5 Å². The Bertz CT molecular complexity index is 732. The highest BCUT2D eigenvalue weighted by Crippen LogP contribution is 2.16. The van der Waals surface area contributed by atoms with E-state index in [-0.39, 0.29) is 29.9 Å². The Balaban J connectivity index is 0.00000338. The minimum Gasteiger partial charge on any atom is -0.492 e. The lowest BCUT2D eigenvalue weighted by atomic mass is 10.3. The zero-order valence-electron chi connectivity index (χ0n) is 15.2. The summed E-state index contributed by atoms with van der Waals surface area (Å²) < 4.78 is 7.49. The quantitative estimate of drug-likeness (QED) is 0.247. The van der Waals surface area contributed by atoms with Crippen LogP contribution in [0.1, 0.15) is 12.6 Å². The standard InChI is InChI=1S/C17H24N6O2.HI/c1-13(24)22-14-5-4-6-16(11-14)25-10-9-19-17(18-2)20-12-15-7-8-21-23(15)3;/h4-8,11H,9-10,12H2,1-3H3,(H,22,24)(H2,18,19,20);1H. The number of anilines is 1. The second kappa shape index (κ2) is 11.3. The number of aromatic nitrogens is 2. The Morgan fingerprint density at radius 2 is 2.12 bits per heavy atom. The number of aryl methyl sites for hydroxylation is 1. The number of carbonyl (C=O) groups excluding carboxylic acids is 1. The number of ether oxygens (including phenoxy) is 1. The molecule has 0 radical (unpaired) electrons. The first-order valence-electron chi connectivity index (χ1n) is 8.00. The van der Waals surface area contributed by atoms with Crippen LogP contribution in [0.25, 0.3) is 0 Å². The van der Waals surface area contributed by atoms with Crippen LogP contribution < -0.4 is 20.7 Å². The fourth-order valence-electron chi connectivity index (χ4n) is 2.17. The zero-order valence-corrected chi connectivity index (χ0v) is 17.5. The summed E-state index contributed by atoms with van der Waals surface area (Å²) in [5.74, 6) is 1.28. The zero-order chi connectivity index (χ0) is 18.1. The topological polar surface area (TPSA) is 92.6 Å². The van der Waals surface area contributed by atoms with Gasteiger partial charge in [-0.05, 0) is 18.2 Å². The van der Waals surface area contributed by atoms with Crippen molar-refractivity contribution in [2.24, 2.45) is 12.0 Å². The van der Waals surface area contributed by atoms with Gasteiger partial charge in [0.1, 0.15) is 12.4 Å². The fraction of sp³-hybridized carbons (Fsp3) is 0.353. The first kappa shape index (κ1) is 21.7. The van der Waals surface area contributed by atoms with Gasteiger partial charge in [0.2, 0.25) is 5.91 Å². The third-order valence-electron chi connectivity index (χ3n) is 3.40. The summed E-state index contributed by atoms with van der Waals surface area (Å²) in [5, 5.41) is 13.3. The summed E-state index contributed by atoms with van der Waals surface area (Å²) in [6, 6.07) is 9.24. The number of guanidine groups is 1. The van der Waals surface area contributed by atoms with Gasteiger partial charge in [0.15, 0.2) is 5.96 Å². The van der Waals surface area contributed by atoms with E-state index < -0.39 is 0 Å². The smallest absolute Gasteiger partial charge is 0.221 e. The Hall–Kier alpha value is -2.30. The Morgan fingerprint density at radius 3 is 2.77 bits per heavy atom. The summed E-state index contributed by atoms with van der Waals surface area (Å²) in [6.45, 7) is 3.17. The average Bonchev–Trinajstić information content (AvgIpc) is 2.99. The van der Waals surface area contributed by atoms with Crippen molar-refractivity contribution in [3.8, 4) is 5.75 Å². The molecule has 1 amide bonds. The van der Waals surface area contributed by atoms with Gasteiger partial charge in [0.25, 0.3) is 0 Å². The number of benzene rings is 1. The van der Waals surface area contributed by atoms with Gasteiger partial charge in [0.05, 0.1) is 18.8 Å². The minimum atomic E-state index is -0.109. The van der Waals surface area contributed by atoms with E-state index in [0.717, 1.165) is 5.69 Å². The van der Waals surface area contributed by atoms with Gasteiger partial charge in [0, 0.05) is 39.0 Å². The third-order valence-corrected chi connectivity index (χ3v) is 3.40. The first-order valence-corrected chi connectivity index (χ1v) is 8.00. The number of rotatable bonds is 7. The SMILES string of the molecule is CN=C(NCCOc1cccc(NC(C)=O)c1)NCc1ccnn1C.I. The van der Waals surface area contributed by atoms with E-state index in [1.807, 2.05) is 36.0 Å². The molecular formula is C17H25IN6O2. The van der Waals surface area contributed by atoms with Crippen LogP contribution in [0.4, 0.5) is 5.69 Å². The molecule has 0 aliphatic carbocycles. The number of nitrogens with zero attached hydrogens (tertiary/aromatic N) is 3. The number of amides is 1. The van der Waals surface area contributed by atoms with Crippen molar-refractivity contribution in [1.82, 2.24) is 20.4 Å². The van der Waals surface area contributed by atoms with Crippen molar-refractivity contribution in [3.05, 3.63) is 42.2 Å². The molecule has 0 atom stereocenters. The molecule has 0 saturated heterocycles. The predicted octanol–water partition coefficient (Wildman–Crippen LogP) is 1.74. The molecule has 1 aromatic carbocycles. The number of hydrogen-bond donors (Lipinski definition) is 3. The molecular weight excluding hydrogens is 447 g/mol. The monoisotopic (exact) mass is 472 g/mol. The summed E-state index contributed by atoms with van der Waals surface area (Å²) in [5.41, 5.74) is 1.78. The maximum Gasteiger partial charge on any atom is 0.221 e. The molecule has 2 rings (SSSR count). The Labute approximate surface area is 170 Å². The predicted molar refractivity (Wildman–Crippen MR) is 113 cm³/mol. The molecule has 2 aromatic rings. The minimum absolute atomic E-state index is 0. The van der Waals surface area contributed by atoms with Crippen LogP contribution in [0.2, 0.25) is 0 Å². The summed E-state index contributed by atoms with van der Waals surface area (Å²) in [6.07, 6.45) is 1.76. The summed E-state index contributed by atoms with van der Waals surface area (Å²) in [4.78, 5) is 15.2. The highest BCUT2D eigenvalue weighted by molar-refractivity contribution is 14.0. The molecule has 26 heavy (non-hydrogen) atoms. The fourth-order valence-corrected chi connectivity index (χ4v) is 2.17. The van der Waals surface area contributed by atoms with E-state index in [1.54, 1.807) is 19.3 Å². The van der Waals surface area contributed by atoms with Crippen LogP contribution in [0.15, 0.2) is 41.5 Å². The van der Waals surface area contributed by atoms with Gasteiger partial charge in [-0.3, -0.25) is 14.5 Å². The summed E-state index contributed by atoms with van der Waals surface area (Å²) >= 11 is 0. The molecule has 0 unspecified atom stereocenters. The van der Waals surface area contributed by atoms with Crippen molar-refractivity contribution >= 4 is 41.5 Å². The summed E-state index contributed by atoms with van der Waals surface area (Å²) in [7, 11) is 3.62. The molecule has 1 aromatic heterocycles. The van der Waals surface area contributed by atoms with Crippen LogP contribution in [-0.4, -0.2) is 41.8 Å². The maximum atomic E-state index is 11.1. The highest BCUT2D eigenvalue weighted by atomic mass is 127. The van der Waals surface area contributed by atoms with Gasteiger partial charge in [-0.25, -0.2) is 0 Å².